The van der Waals surface area contributed by atoms with E-state index in [1.807, 2.05) is 12.1 Å². The third-order valence-electron chi connectivity index (χ3n) is 2.92. The molecule has 1 aromatic rings. The van der Waals surface area contributed by atoms with Gasteiger partial charge in [-0.3, -0.25) is 9.69 Å². The van der Waals surface area contributed by atoms with Crippen LogP contribution in [-0.2, 0) is 4.79 Å². The van der Waals surface area contributed by atoms with Crippen molar-refractivity contribution in [2.75, 3.05) is 18.1 Å². The molecule has 1 unspecified atom stereocenters. The quantitative estimate of drug-likeness (QED) is 0.769. The molecule has 2 heterocycles. The van der Waals surface area contributed by atoms with E-state index in [9.17, 15) is 4.79 Å². The SMILES string of the molecule is CC1NC(=S)N(c2cccc3c2OCCO3)C1=O. The van der Waals surface area contributed by atoms with Crippen LogP contribution in [0.1, 0.15) is 6.92 Å². The molecule has 1 N–H and O–H groups in total. The molecule has 0 aliphatic carbocycles. The van der Waals surface area contributed by atoms with E-state index in [0.717, 1.165) is 0 Å². The molecular weight excluding hydrogens is 252 g/mol. The zero-order valence-electron chi connectivity index (χ0n) is 9.80. The second-order valence-corrected chi connectivity index (χ2v) is 4.53. The predicted molar refractivity (Wildman–Crippen MR) is 70.1 cm³/mol. The van der Waals surface area contributed by atoms with Gasteiger partial charge in [-0.1, -0.05) is 6.07 Å². The molecule has 2 aliphatic rings. The first-order valence-electron chi connectivity index (χ1n) is 5.71. The number of hydrogen-bond acceptors (Lipinski definition) is 4. The molecule has 18 heavy (non-hydrogen) atoms. The summed E-state index contributed by atoms with van der Waals surface area (Å²) < 4.78 is 11.1. The first kappa shape index (κ1) is 11.3. The van der Waals surface area contributed by atoms with E-state index >= 15 is 0 Å². The number of nitrogens with zero attached hydrogens (tertiary/aromatic N) is 1. The molecule has 0 bridgehead atoms. The van der Waals surface area contributed by atoms with Crippen molar-refractivity contribution < 1.29 is 14.3 Å². The third-order valence-corrected chi connectivity index (χ3v) is 3.22. The largest absolute Gasteiger partial charge is 0.486 e. The summed E-state index contributed by atoms with van der Waals surface area (Å²) in [6, 6.07) is 5.13. The lowest BCUT2D eigenvalue weighted by molar-refractivity contribution is -0.117. The number of amides is 1. The van der Waals surface area contributed by atoms with E-state index in [4.69, 9.17) is 21.7 Å². The molecule has 1 amide bonds. The van der Waals surface area contributed by atoms with E-state index in [1.54, 1.807) is 13.0 Å². The normalized spacial score (nSPS) is 22.1. The van der Waals surface area contributed by atoms with Crippen LogP contribution in [0.25, 0.3) is 0 Å². The Hall–Kier alpha value is -1.82. The first-order chi connectivity index (χ1) is 8.68. The fourth-order valence-electron chi connectivity index (χ4n) is 2.07. The molecule has 0 spiro atoms. The Labute approximate surface area is 110 Å². The average molecular weight is 264 g/mol. The molecule has 1 atom stereocenters. The van der Waals surface area contributed by atoms with Crippen LogP contribution in [0.4, 0.5) is 5.69 Å². The minimum Gasteiger partial charge on any atom is -0.486 e. The number of fused-ring (bicyclic) bond motifs is 1. The van der Waals surface area contributed by atoms with Crippen molar-refractivity contribution in [1.29, 1.82) is 0 Å². The fraction of sp³-hybridized carbons (Fsp3) is 0.333. The number of ether oxygens (including phenoxy) is 2. The van der Waals surface area contributed by atoms with Crippen LogP contribution in [0.2, 0.25) is 0 Å². The van der Waals surface area contributed by atoms with Gasteiger partial charge < -0.3 is 14.8 Å². The smallest absolute Gasteiger partial charge is 0.255 e. The van der Waals surface area contributed by atoms with Crippen molar-refractivity contribution in [2.45, 2.75) is 13.0 Å². The van der Waals surface area contributed by atoms with Crippen molar-refractivity contribution in [1.82, 2.24) is 5.32 Å². The molecular formula is C12H12N2O3S. The summed E-state index contributed by atoms with van der Waals surface area (Å²) in [4.78, 5) is 13.5. The van der Waals surface area contributed by atoms with Gasteiger partial charge in [-0.15, -0.1) is 0 Å². The van der Waals surface area contributed by atoms with E-state index < -0.39 is 0 Å². The Bertz CT molecular complexity index is 532. The van der Waals surface area contributed by atoms with Crippen LogP contribution in [-0.4, -0.2) is 30.3 Å². The highest BCUT2D eigenvalue weighted by molar-refractivity contribution is 7.80. The van der Waals surface area contributed by atoms with Gasteiger partial charge in [0.25, 0.3) is 5.91 Å². The topological polar surface area (TPSA) is 50.8 Å². The van der Waals surface area contributed by atoms with Gasteiger partial charge in [0, 0.05) is 0 Å². The second-order valence-electron chi connectivity index (χ2n) is 4.15. The summed E-state index contributed by atoms with van der Waals surface area (Å²) in [5.74, 6) is 1.15. The number of carbonyl (C=O) groups is 1. The van der Waals surface area contributed by atoms with Gasteiger partial charge in [-0.25, -0.2) is 0 Å². The summed E-state index contributed by atoms with van der Waals surface area (Å²) in [5.41, 5.74) is 0.638. The minimum absolute atomic E-state index is 0.0810. The molecule has 3 rings (SSSR count). The highest BCUT2D eigenvalue weighted by atomic mass is 32.1. The Balaban J connectivity index is 2.07. The van der Waals surface area contributed by atoms with Gasteiger partial charge >= 0.3 is 0 Å². The maximum atomic E-state index is 12.1. The third kappa shape index (κ3) is 1.60. The Morgan fingerprint density at radius 2 is 2.17 bits per heavy atom. The van der Waals surface area contributed by atoms with Crippen LogP contribution < -0.4 is 19.7 Å². The molecule has 0 radical (unpaired) electrons. The molecule has 94 valence electrons. The maximum Gasteiger partial charge on any atom is 0.255 e. The number of anilines is 1. The van der Waals surface area contributed by atoms with Gasteiger partial charge in [0.2, 0.25) is 0 Å². The highest BCUT2D eigenvalue weighted by Crippen LogP contribution is 2.40. The van der Waals surface area contributed by atoms with Crippen LogP contribution >= 0.6 is 12.2 Å². The number of para-hydroxylation sites is 1. The van der Waals surface area contributed by atoms with Crippen molar-refractivity contribution in [2.24, 2.45) is 0 Å². The molecule has 0 saturated carbocycles. The van der Waals surface area contributed by atoms with E-state index in [2.05, 4.69) is 5.32 Å². The van der Waals surface area contributed by atoms with Gasteiger partial charge in [-0.2, -0.15) is 0 Å². The number of rotatable bonds is 1. The number of thiocarbonyl (C=S) groups is 1. The molecule has 1 aromatic carbocycles. The number of carbonyl (C=O) groups excluding carboxylic acids is 1. The molecule has 2 aliphatic heterocycles. The molecule has 1 fully saturated rings. The number of hydrogen-bond donors (Lipinski definition) is 1. The van der Waals surface area contributed by atoms with Gasteiger partial charge in [0.15, 0.2) is 16.6 Å². The van der Waals surface area contributed by atoms with Gasteiger partial charge in [0.1, 0.15) is 19.3 Å². The van der Waals surface area contributed by atoms with Crippen molar-refractivity contribution in [3.63, 3.8) is 0 Å². The summed E-state index contributed by atoms with van der Waals surface area (Å²) >= 11 is 5.18. The van der Waals surface area contributed by atoms with Crippen LogP contribution in [0.5, 0.6) is 11.5 Å². The monoisotopic (exact) mass is 264 g/mol. The van der Waals surface area contributed by atoms with Gasteiger partial charge in [0.05, 0.1) is 5.69 Å². The lowest BCUT2D eigenvalue weighted by atomic mass is 10.2. The highest BCUT2D eigenvalue weighted by Gasteiger charge is 2.36. The summed E-state index contributed by atoms with van der Waals surface area (Å²) in [6.07, 6.45) is 0. The van der Waals surface area contributed by atoms with Crippen molar-refractivity contribution in [3.05, 3.63) is 18.2 Å². The Kier molecular flexibility index (Phi) is 2.59. The van der Waals surface area contributed by atoms with E-state index in [0.29, 0.717) is 35.5 Å². The van der Waals surface area contributed by atoms with Crippen molar-refractivity contribution in [3.8, 4) is 11.5 Å². The van der Waals surface area contributed by atoms with Crippen molar-refractivity contribution >= 4 is 28.9 Å². The zero-order valence-corrected chi connectivity index (χ0v) is 10.6. The molecule has 6 heteroatoms. The second kappa shape index (κ2) is 4.13. The Morgan fingerprint density at radius 3 is 2.89 bits per heavy atom. The standard InChI is InChI=1S/C12H12N2O3S/c1-7-11(15)14(12(18)13-7)8-3-2-4-9-10(8)17-6-5-16-9/h2-4,7H,5-6H2,1H3,(H,13,18). The van der Waals surface area contributed by atoms with Gasteiger partial charge in [-0.05, 0) is 31.3 Å². The van der Waals surface area contributed by atoms with Crippen LogP contribution in [0, 0.1) is 0 Å². The zero-order chi connectivity index (χ0) is 12.7. The molecule has 1 saturated heterocycles. The van der Waals surface area contributed by atoms with Crippen LogP contribution in [0.15, 0.2) is 18.2 Å². The summed E-state index contributed by atoms with van der Waals surface area (Å²) in [5, 5.41) is 3.33. The summed E-state index contributed by atoms with van der Waals surface area (Å²) in [6.45, 7) is 2.77. The fourth-order valence-corrected chi connectivity index (χ4v) is 2.43. The summed E-state index contributed by atoms with van der Waals surface area (Å²) in [7, 11) is 0. The lowest BCUT2D eigenvalue weighted by Gasteiger charge is -2.24. The van der Waals surface area contributed by atoms with E-state index in [-0.39, 0.29) is 11.9 Å². The molecule has 5 nitrogen and oxygen atoms in total. The maximum absolute atomic E-state index is 12.1. The lowest BCUT2D eigenvalue weighted by Crippen LogP contribution is -2.32. The predicted octanol–water partition coefficient (Wildman–Crippen LogP) is 1.07. The Morgan fingerprint density at radius 1 is 1.39 bits per heavy atom. The first-order valence-corrected chi connectivity index (χ1v) is 6.12. The van der Waals surface area contributed by atoms with E-state index in [1.165, 1.54) is 4.90 Å². The minimum atomic E-state index is -0.308. The van der Waals surface area contributed by atoms with Crippen LogP contribution in [0.3, 0.4) is 0 Å². The number of benzene rings is 1. The number of nitrogens with one attached hydrogen (secondary N) is 1. The molecule has 0 aromatic heterocycles. The average Bonchev–Trinajstić information content (AvgIpc) is 2.63.